The Morgan fingerprint density at radius 3 is 2.67 bits per heavy atom. The maximum atomic E-state index is 14.0. The minimum atomic E-state index is -0.677. The topological polar surface area (TPSA) is 35.0 Å². The molecule has 0 radical (unpaired) electrons. The summed E-state index contributed by atoms with van der Waals surface area (Å²) in [5.74, 6) is -1.24. The summed E-state index contributed by atoms with van der Waals surface area (Å²) >= 11 is 1.41. The van der Waals surface area contributed by atoms with Gasteiger partial charge in [-0.3, -0.25) is 0 Å². The molecule has 0 aliphatic carbocycles. The van der Waals surface area contributed by atoms with Crippen LogP contribution in [0.15, 0.2) is 24.4 Å². The van der Waals surface area contributed by atoms with E-state index >= 15 is 0 Å². The quantitative estimate of drug-likeness (QED) is 0.656. The van der Waals surface area contributed by atoms with Gasteiger partial charge in [-0.05, 0) is 36.1 Å². The molecule has 0 saturated heterocycles. The molecule has 0 spiro atoms. The minimum Gasteiger partial charge on any atom is -0.483 e. The van der Waals surface area contributed by atoms with E-state index in [1.54, 1.807) is 0 Å². The van der Waals surface area contributed by atoms with Gasteiger partial charge in [0.2, 0.25) is 0 Å². The Morgan fingerprint density at radius 1 is 1.21 bits per heavy atom. The monoisotopic (exact) mass is 348 g/mol. The summed E-state index contributed by atoms with van der Waals surface area (Å²) in [5, 5.41) is 0.699. The number of hydrogen-bond donors (Lipinski definition) is 0. The van der Waals surface area contributed by atoms with Gasteiger partial charge in [0.25, 0.3) is 0 Å². The predicted octanol–water partition coefficient (Wildman–Crippen LogP) is 5.15. The van der Waals surface area contributed by atoms with Crippen LogP contribution in [-0.4, -0.2) is 9.97 Å². The van der Waals surface area contributed by atoms with Crippen LogP contribution in [0, 0.1) is 18.6 Å². The van der Waals surface area contributed by atoms with Gasteiger partial charge in [-0.15, -0.1) is 0 Å². The number of hydrogen-bond acceptors (Lipinski definition) is 4. The molecule has 1 aromatic carbocycles. The molecule has 0 atom stereocenters. The van der Waals surface area contributed by atoms with Crippen LogP contribution in [0.2, 0.25) is 0 Å². The number of fused-ring (bicyclic) bond motifs is 1. The molecule has 6 heteroatoms. The molecule has 0 unspecified atom stereocenters. The van der Waals surface area contributed by atoms with Crippen molar-refractivity contribution in [3.8, 4) is 5.75 Å². The number of ether oxygens (including phenoxy) is 1. The molecule has 0 saturated carbocycles. The van der Waals surface area contributed by atoms with Gasteiger partial charge in [-0.2, -0.15) is 0 Å². The van der Waals surface area contributed by atoms with E-state index in [1.165, 1.54) is 30.4 Å². The molecule has 24 heavy (non-hydrogen) atoms. The first kappa shape index (κ1) is 16.8. The smallest absolute Gasteiger partial charge is 0.170 e. The van der Waals surface area contributed by atoms with Gasteiger partial charge in [0, 0.05) is 11.8 Å². The van der Waals surface area contributed by atoms with Crippen LogP contribution in [-0.2, 0) is 12.0 Å². The van der Waals surface area contributed by atoms with E-state index in [0.29, 0.717) is 5.01 Å². The Morgan fingerprint density at radius 2 is 1.96 bits per heavy atom. The Hall–Kier alpha value is -2.08. The lowest BCUT2D eigenvalue weighted by molar-refractivity contribution is 0.288. The molecule has 3 rings (SSSR count). The van der Waals surface area contributed by atoms with Gasteiger partial charge in [-0.1, -0.05) is 32.1 Å². The summed E-state index contributed by atoms with van der Waals surface area (Å²) in [4.78, 5) is 9.77. The van der Waals surface area contributed by atoms with Crippen LogP contribution in [0.4, 0.5) is 8.78 Å². The fourth-order valence-electron chi connectivity index (χ4n) is 2.23. The maximum absolute atomic E-state index is 14.0. The van der Waals surface area contributed by atoms with Gasteiger partial charge in [0.1, 0.15) is 27.8 Å². The molecule has 0 fully saturated rings. The zero-order valence-corrected chi connectivity index (χ0v) is 14.8. The van der Waals surface area contributed by atoms with Crippen LogP contribution in [0.5, 0.6) is 5.75 Å². The van der Waals surface area contributed by atoms with Gasteiger partial charge in [-0.25, -0.2) is 18.7 Å². The lowest BCUT2D eigenvalue weighted by Crippen LogP contribution is -2.11. The van der Waals surface area contributed by atoms with Crippen molar-refractivity contribution >= 4 is 21.7 Å². The lowest BCUT2D eigenvalue weighted by Gasteiger charge is -2.17. The number of rotatable bonds is 3. The largest absolute Gasteiger partial charge is 0.483 e. The van der Waals surface area contributed by atoms with E-state index in [9.17, 15) is 8.78 Å². The summed E-state index contributed by atoms with van der Waals surface area (Å²) in [6.45, 7) is 7.85. The highest BCUT2D eigenvalue weighted by molar-refractivity contribution is 7.18. The second-order valence-corrected chi connectivity index (χ2v) is 7.74. The second-order valence-electron chi connectivity index (χ2n) is 6.68. The average Bonchev–Trinajstić information content (AvgIpc) is 2.93. The molecule has 126 valence electrons. The summed E-state index contributed by atoms with van der Waals surface area (Å²) in [7, 11) is 0. The van der Waals surface area contributed by atoms with Crippen molar-refractivity contribution in [2.45, 2.75) is 39.7 Å². The number of benzene rings is 1. The summed E-state index contributed by atoms with van der Waals surface area (Å²) < 4.78 is 32.7. The highest BCUT2D eigenvalue weighted by Crippen LogP contribution is 2.28. The van der Waals surface area contributed by atoms with E-state index in [2.05, 4.69) is 30.7 Å². The highest BCUT2D eigenvalue weighted by Gasteiger charge is 2.17. The molecule has 0 aliphatic heterocycles. The number of pyridine rings is 1. The first-order valence-corrected chi connectivity index (χ1v) is 8.40. The molecule has 0 amide bonds. The highest BCUT2D eigenvalue weighted by atomic mass is 32.1. The first-order chi connectivity index (χ1) is 11.3. The van der Waals surface area contributed by atoms with E-state index in [1.807, 2.05) is 12.3 Å². The van der Waals surface area contributed by atoms with Crippen LogP contribution in [0.1, 0.15) is 36.9 Å². The fraction of sp³-hybridized carbons (Fsp3) is 0.333. The third kappa shape index (κ3) is 3.24. The van der Waals surface area contributed by atoms with Gasteiger partial charge >= 0.3 is 0 Å². The summed E-state index contributed by atoms with van der Waals surface area (Å²) in [6.07, 6.45) is 1.86. The number of halogens is 2. The maximum Gasteiger partial charge on any atom is 0.170 e. The Balaban J connectivity index is 1.82. The third-order valence-electron chi connectivity index (χ3n) is 3.79. The Kier molecular flexibility index (Phi) is 4.25. The molecule has 3 aromatic rings. The SMILES string of the molecule is Cc1c(F)ccc(OCc2nc3cc(C(C)(C)C)cnc3s2)c1F. The van der Waals surface area contributed by atoms with E-state index < -0.39 is 11.6 Å². The summed E-state index contributed by atoms with van der Waals surface area (Å²) in [6, 6.07) is 4.51. The average molecular weight is 348 g/mol. The van der Waals surface area contributed by atoms with E-state index in [4.69, 9.17) is 4.74 Å². The number of nitrogens with zero attached hydrogens (tertiary/aromatic N) is 2. The second kappa shape index (κ2) is 6.09. The molecule has 3 nitrogen and oxygen atoms in total. The zero-order chi connectivity index (χ0) is 17.5. The first-order valence-electron chi connectivity index (χ1n) is 7.59. The Labute approximate surface area is 143 Å². The van der Waals surface area contributed by atoms with Gasteiger partial charge < -0.3 is 4.74 Å². The van der Waals surface area contributed by atoms with Crippen molar-refractivity contribution in [1.29, 1.82) is 0 Å². The van der Waals surface area contributed by atoms with E-state index in [0.717, 1.165) is 15.9 Å². The Bertz CT molecular complexity index is 900. The van der Waals surface area contributed by atoms with Crippen molar-refractivity contribution in [2.75, 3.05) is 0 Å². The van der Waals surface area contributed by atoms with Crippen molar-refractivity contribution < 1.29 is 13.5 Å². The molecule has 2 aromatic heterocycles. The molecule has 0 N–H and O–H groups in total. The predicted molar refractivity (Wildman–Crippen MR) is 91.5 cm³/mol. The molecular weight excluding hydrogens is 330 g/mol. The minimum absolute atomic E-state index is 0.00373. The summed E-state index contributed by atoms with van der Waals surface area (Å²) in [5.41, 5.74) is 1.86. The molecule has 2 heterocycles. The third-order valence-corrected chi connectivity index (χ3v) is 4.75. The molecular formula is C18H18F2N2OS. The normalized spacial score (nSPS) is 11.9. The van der Waals surface area contributed by atoms with Gasteiger partial charge in [0.05, 0.1) is 0 Å². The van der Waals surface area contributed by atoms with Crippen molar-refractivity contribution in [2.24, 2.45) is 0 Å². The lowest BCUT2D eigenvalue weighted by atomic mass is 9.88. The van der Waals surface area contributed by atoms with Crippen LogP contribution >= 0.6 is 11.3 Å². The van der Waals surface area contributed by atoms with Crippen molar-refractivity contribution in [1.82, 2.24) is 9.97 Å². The molecule has 0 bridgehead atoms. The zero-order valence-electron chi connectivity index (χ0n) is 14.0. The van der Waals surface area contributed by atoms with E-state index in [-0.39, 0.29) is 23.3 Å². The standard InChI is InChI=1S/C18H18F2N2OS/c1-10-12(19)5-6-14(16(10)20)23-9-15-22-13-7-11(18(2,3)4)8-21-17(13)24-15/h5-8H,9H2,1-4H3. The molecule has 0 aliphatic rings. The van der Waals surface area contributed by atoms with Crippen LogP contribution in [0.3, 0.4) is 0 Å². The van der Waals surface area contributed by atoms with Gasteiger partial charge in [0.15, 0.2) is 11.6 Å². The van der Waals surface area contributed by atoms with Crippen LogP contribution < -0.4 is 4.74 Å². The fourth-order valence-corrected chi connectivity index (χ4v) is 3.03. The number of thiazole rings is 1. The number of aromatic nitrogens is 2. The van der Waals surface area contributed by atoms with Crippen molar-refractivity contribution in [3.05, 3.63) is 52.2 Å². The van der Waals surface area contributed by atoms with Crippen LogP contribution in [0.25, 0.3) is 10.3 Å². The van der Waals surface area contributed by atoms with Crippen molar-refractivity contribution in [3.63, 3.8) is 0 Å².